The van der Waals surface area contributed by atoms with Gasteiger partial charge in [0.1, 0.15) is 5.82 Å². The SMILES string of the molecule is Nc1ccc([N+](=O)[O-])c(N2CCC(CO)C2)n1. The van der Waals surface area contributed by atoms with Crippen LogP contribution < -0.4 is 10.6 Å². The highest BCUT2D eigenvalue weighted by Crippen LogP contribution is 2.30. The van der Waals surface area contributed by atoms with E-state index >= 15 is 0 Å². The third-order valence-corrected chi connectivity index (χ3v) is 2.92. The van der Waals surface area contributed by atoms with Gasteiger partial charge in [-0.25, -0.2) is 4.98 Å². The van der Waals surface area contributed by atoms with Gasteiger partial charge in [-0.1, -0.05) is 0 Å². The molecule has 1 aromatic rings. The van der Waals surface area contributed by atoms with Gasteiger partial charge in [0, 0.05) is 31.7 Å². The van der Waals surface area contributed by atoms with Crippen LogP contribution in [0.1, 0.15) is 6.42 Å². The van der Waals surface area contributed by atoms with E-state index in [0.29, 0.717) is 18.9 Å². The summed E-state index contributed by atoms with van der Waals surface area (Å²) in [4.78, 5) is 16.3. The number of rotatable bonds is 3. The molecule has 7 heteroatoms. The van der Waals surface area contributed by atoms with Crippen LogP contribution >= 0.6 is 0 Å². The second-order valence-corrected chi connectivity index (χ2v) is 4.12. The molecule has 0 aliphatic carbocycles. The average Bonchev–Trinajstić information content (AvgIpc) is 2.76. The number of hydrogen-bond donors (Lipinski definition) is 2. The van der Waals surface area contributed by atoms with Crippen molar-refractivity contribution in [1.29, 1.82) is 0 Å². The summed E-state index contributed by atoms with van der Waals surface area (Å²) in [5, 5.41) is 19.9. The topological polar surface area (TPSA) is 106 Å². The monoisotopic (exact) mass is 238 g/mol. The molecular formula is C10H14N4O3. The normalized spacial score (nSPS) is 19.6. The van der Waals surface area contributed by atoms with Gasteiger partial charge in [-0.05, 0) is 12.5 Å². The van der Waals surface area contributed by atoms with Gasteiger partial charge in [0.15, 0.2) is 0 Å². The number of aliphatic hydroxyl groups excluding tert-OH is 1. The highest BCUT2D eigenvalue weighted by Gasteiger charge is 2.28. The first kappa shape index (κ1) is 11.6. The molecule has 1 aliphatic heterocycles. The van der Waals surface area contributed by atoms with E-state index in [2.05, 4.69) is 4.98 Å². The van der Waals surface area contributed by atoms with E-state index < -0.39 is 4.92 Å². The maximum Gasteiger partial charge on any atom is 0.311 e. The van der Waals surface area contributed by atoms with E-state index in [-0.39, 0.29) is 24.0 Å². The predicted molar refractivity (Wildman–Crippen MR) is 62.7 cm³/mol. The average molecular weight is 238 g/mol. The zero-order valence-corrected chi connectivity index (χ0v) is 9.24. The summed E-state index contributed by atoms with van der Waals surface area (Å²) in [5.74, 6) is 0.710. The van der Waals surface area contributed by atoms with Gasteiger partial charge >= 0.3 is 5.69 Å². The van der Waals surface area contributed by atoms with E-state index in [4.69, 9.17) is 10.8 Å². The van der Waals surface area contributed by atoms with Crippen molar-refractivity contribution in [3.05, 3.63) is 22.2 Å². The Morgan fingerprint density at radius 2 is 2.41 bits per heavy atom. The van der Waals surface area contributed by atoms with Crippen LogP contribution in [-0.2, 0) is 0 Å². The molecule has 1 aliphatic rings. The molecule has 3 N–H and O–H groups in total. The molecule has 2 heterocycles. The minimum absolute atomic E-state index is 0.0437. The van der Waals surface area contributed by atoms with Crippen molar-refractivity contribution in [1.82, 2.24) is 4.98 Å². The summed E-state index contributed by atoms with van der Waals surface area (Å²) in [5.41, 5.74) is 5.51. The molecule has 2 rings (SSSR count). The first-order valence-corrected chi connectivity index (χ1v) is 5.38. The number of aromatic nitrogens is 1. The molecule has 1 saturated heterocycles. The van der Waals surface area contributed by atoms with Crippen LogP contribution in [0.25, 0.3) is 0 Å². The summed E-state index contributed by atoms with van der Waals surface area (Å²) < 4.78 is 0. The van der Waals surface area contributed by atoms with E-state index in [1.165, 1.54) is 12.1 Å². The zero-order chi connectivity index (χ0) is 12.4. The van der Waals surface area contributed by atoms with Crippen LogP contribution in [0.5, 0.6) is 0 Å². The Morgan fingerprint density at radius 1 is 1.65 bits per heavy atom. The van der Waals surface area contributed by atoms with Crippen LogP contribution in [0.3, 0.4) is 0 Å². The van der Waals surface area contributed by atoms with E-state index in [1.807, 2.05) is 0 Å². The number of nitrogens with zero attached hydrogens (tertiary/aromatic N) is 3. The highest BCUT2D eigenvalue weighted by atomic mass is 16.6. The standard InChI is InChI=1S/C10H14N4O3/c11-9-2-1-8(14(16)17)10(12-9)13-4-3-7(5-13)6-15/h1-2,7,15H,3-6H2,(H2,11,12). The minimum atomic E-state index is -0.464. The van der Waals surface area contributed by atoms with Crippen molar-refractivity contribution in [2.24, 2.45) is 5.92 Å². The first-order valence-electron chi connectivity index (χ1n) is 5.38. The molecule has 1 unspecified atom stereocenters. The molecule has 1 atom stereocenters. The molecule has 0 bridgehead atoms. The van der Waals surface area contributed by atoms with Crippen molar-refractivity contribution < 1.29 is 10.0 Å². The van der Waals surface area contributed by atoms with Crippen molar-refractivity contribution in [3.63, 3.8) is 0 Å². The Balaban J connectivity index is 2.31. The number of hydrogen-bond acceptors (Lipinski definition) is 6. The number of aliphatic hydroxyl groups is 1. The number of nitrogen functional groups attached to an aromatic ring is 1. The third kappa shape index (κ3) is 2.28. The van der Waals surface area contributed by atoms with Crippen molar-refractivity contribution in [2.75, 3.05) is 30.3 Å². The van der Waals surface area contributed by atoms with Gasteiger partial charge in [0.25, 0.3) is 0 Å². The lowest BCUT2D eigenvalue weighted by molar-refractivity contribution is -0.384. The molecular weight excluding hydrogens is 224 g/mol. The fraction of sp³-hybridized carbons (Fsp3) is 0.500. The quantitative estimate of drug-likeness (QED) is 0.583. The van der Waals surface area contributed by atoms with E-state index in [1.54, 1.807) is 4.90 Å². The molecule has 92 valence electrons. The van der Waals surface area contributed by atoms with Crippen LogP contribution in [0.2, 0.25) is 0 Å². The van der Waals surface area contributed by atoms with Gasteiger partial charge in [0.2, 0.25) is 5.82 Å². The maximum absolute atomic E-state index is 10.9. The lowest BCUT2D eigenvalue weighted by atomic mass is 10.1. The third-order valence-electron chi connectivity index (χ3n) is 2.92. The number of pyridine rings is 1. The molecule has 1 aromatic heterocycles. The van der Waals surface area contributed by atoms with Crippen molar-refractivity contribution >= 4 is 17.3 Å². The lowest BCUT2D eigenvalue weighted by Gasteiger charge is -2.17. The summed E-state index contributed by atoms with van der Waals surface area (Å²) in [7, 11) is 0. The largest absolute Gasteiger partial charge is 0.396 e. The summed E-state index contributed by atoms with van der Waals surface area (Å²) >= 11 is 0. The van der Waals surface area contributed by atoms with Crippen molar-refractivity contribution in [3.8, 4) is 0 Å². The van der Waals surface area contributed by atoms with Crippen LogP contribution in [0, 0.1) is 16.0 Å². The Bertz CT molecular complexity index is 438. The fourth-order valence-electron chi connectivity index (χ4n) is 2.00. The van der Waals surface area contributed by atoms with E-state index in [9.17, 15) is 10.1 Å². The first-order chi connectivity index (χ1) is 8.11. The van der Waals surface area contributed by atoms with Gasteiger partial charge in [-0.15, -0.1) is 0 Å². The molecule has 1 fully saturated rings. The Morgan fingerprint density at radius 3 is 3.00 bits per heavy atom. The Labute approximate surface area is 98.0 Å². The number of nitro groups is 1. The van der Waals surface area contributed by atoms with Gasteiger partial charge < -0.3 is 15.7 Å². The molecule has 0 amide bonds. The minimum Gasteiger partial charge on any atom is -0.396 e. The zero-order valence-electron chi connectivity index (χ0n) is 9.24. The predicted octanol–water partition coefficient (Wildman–Crippen LogP) is 0.391. The maximum atomic E-state index is 10.9. The number of nitrogens with two attached hydrogens (primary N) is 1. The molecule has 7 nitrogen and oxygen atoms in total. The van der Waals surface area contributed by atoms with Crippen LogP contribution in [0.15, 0.2) is 12.1 Å². The Kier molecular flexibility index (Phi) is 3.10. The second-order valence-electron chi connectivity index (χ2n) is 4.12. The van der Waals surface area contributed by atoms with Crippen LogP contribution in [0.4, 0.5) is 17.3 Å². The molecule has 0 spiro atoms. The van der Waals surface area contributed by atoms with Gasteiger partial charge in [-0.2, -0.15) is 0 Å². The molecule has 0 saturated carbocycles. The smallest absolute Gasteiger partial charge is 0.311 e. The number of anilines is 2. The summed E-state index contributed by atoms with van der Waals surface area (Å²) in [6.07, 6.45) is 0.810. The van der Waals surface area contributed by atoms with Crippen molar-refractivity contribution in [2.45, 2.75) is 6.42 Å². The fourth-order valence-corrected chi connectivity index (χ4v) is 2.00. The molecule has 0 radical (unpaired) electrons. The van der Waals surface area contributed by atoms with E-state index in [0.717, 1.165) is 6.42 Å². The summed E-state index contributed by atoms with van der Waals surface area (Å²) in [6, 6.07) is 2.78. The second kappa shape index (κ2) is 4.54. The van der Waals surface area contributed by atoms with Crippen LogP contribution in [-0.4, -0.2) is 34.7 Å². The highest BCUT2D eigenvalue weighted by molar-refractivity contribution is 5.61. The summed E-state index contributed by atoms with van der Waals surface area (Å²) in [6.45, 7) is 1.32. The Hall–Kier alpha value is -1.89. The molecule has 17 heavy (non-hydrogen) atoms. The van der Waals surface area contributed by atoms with Gasteiger partial charge in [0.05, 0.1) is 4.92 Å². The van der Waals surface area contributed by atoms with Gasteiger partial charge in [-0.3, -0.25) is 10.1 Å². The molecule has 0 aromatic carbocycles. The lowest BCUT2D eigenvalue weighted by Crippen LogP contribution is -2.23.